The lowest BCUT2D eigenvalue weighted by Gasteiger charge is -2.49. The number of ether oxygens (including phenoxy) is 1. The van der Waals surface area contributed by atoms with Crippen molar-refractivity contribution in [3.05, 3.63) is 70.1 Å². The van der Waals surface area contributed by atoms with Crippen molar-refractivity contribution in [2.75, 3.05) is 6.54 Å². The van der Waals surface area contributed by atoms with E-state index >= 15 is 0 Å². The number of amides is 4. The van der Waals surface area contributed by atoms with E-state index in [1.165, 1.54) is 17.0 Å². The number of rotatable bonds is 8. The van der Waals surface area contributed by atoms with E-state index in [9.17, 15) is 32.0 Å². The zero-order valence-corrected chi connectivity index (χ0v) is 33.2. The molecule has 1 saturated heterocycles. The smallest absolute Gasteiger partial charge is 0.263 e. The Morgan fingerprint density at radius 2 is 1.96 bits per heavy atom. The summed E-state index contributed by atoms with van der Waals surface area (Å²) in [4.78, 5) is 71.9. The highest BCUT2D eigenvalue weighted by atomic mass is 32.2. The van der Waals surface area contributed by atoms with E-state index in [2.05, 4.69) is 36.9 Å². The van der Waals surface area contributed by atoms with Crippen LogP contribution < -0.4 is 20.1 Å². The number of aryl methyl sites for hydroxylation is 2. The van der Waals surface area contributed by atoms with Crippen molar-refractivity contribution < 1.29 is 36.7 Å². The molecule has 3 N–H and O–H groups in total. The third-order valence-electron chi connectivity index (χ3n) is 11.4. The molecule has 3 aromatic rings. The fourth-order valence-corrected chi connectivity index (χ4v) is 9.74. The topological polar surface area (TPSA) is 190 Å². The molecule has 298 valence electrons. The number of nitrogens with zero attached hydrogens (tertiary/aromatic N) is 4. The van der Waals surface area contributed by atoms with Gasteiger partial charge in [0.15, 0.2) is 5.82 Å². The van der Waals surface area contributed by atoms with Crippen LogP contribution in [0.1, 0.15) is 92.7 Å². The second-order valence-electron chi connectivity index (χ2n) is 15.4. The van der Waals surface area contributed by atoms with E-state index in [0.29, 0.717) is 65.9 Å². The second-order valence-corrected chi connectivity index (χ2v) is 18.5. The van der Waals surface area contributed by atoms with Gasteiger partial charge in [-0.05, 0) is 64.5 Å². The standard InChI is InChI=1S/C39H46FN7O7S2/c1-5-27-35(44-31-26(40)13-11-15-28(31)42-27)54-24-18-30-33(48)45-39(37(51)46-56(52,53)38(4)16-17-38)19-22(2)25(39)12-9-7-6-8-10-14-29(36(50)47(30)20-24)43-34(49)32-23(3)41-21-55-32/h9,11-13,15,21,24-25,29-30H,2,5-8,10,14,16-20H2,1,3-4H3,(H,43,49)(H,45,48)(H,46,51). The van der Waals surface area contributed by atoms with Crippen LogP contribution in [0.3, 0.4) is 0 Å². The Labute approximate surface area is 328 Å². The van der Waals surface area contributed by atoms with Gasteiger partial charge in [0.1, 0.15) is 39.8 Å². The summed E-state index contributed by atoms with van der Waals surface area (Å²) >= 11 is 1.16. The molecule has 2 saturated carbocycles. The summed E-state index contributed by atoms with van der Waals surface area (Å²) in [5.74, 6) is -3.80. The number of hydrogen-bond donors (Lipinski definition) is 3. The summed E-state index contributed by atoms with van der Waals surface area (Å²) in [6.07, 6.45) is 6.99. The van der Waals surface area contributed by atoms with E-state index in [1.807, 2.05) is 13.0 Å². The van der Waals surface area contributed by atoms with Crippen molar-refractivity contribution in [1.82, 2.24) is 35.2 Å². The van der Waals surface area contributed by atoms with Crippen LogP contribution in [0.15, 0.2) is 48.0 Å². The second kappa shape index (κ2) is 15.3. The van der Waals surface area contributed by atoms with Crippen LogP contribution in [0.5, 0.6) is 5.88 Å². The first-order chi connectivity index (χ1) is 26.7. The van der Waals surface area contributed by atoms with Crippen molar-refractivity contribution in [3.8, 4) is 5.88 Å². The Bertz CT molecular complexity index is 2240. The van der Waals surface area contributed by atoms with Gasteiger partial charge in [0.05, 0.1) is 28.0 Å². The summed E-state index contributed by atoms with van der Waals surface area (Å²) in [5.41, 5.74) is 1.83. The molecule has 1 aromatic carbocycles. The van der Waals surface area contributed by atoms with Crippen LogP contribution in [-0.4, -0.2) is 86.9 Å². The molecule has 0 radical (unpaired) electrons. The average Bonchev–Trinajstić information content (AvgIpc) is 3.56. The van der Waals surface area contributed by atoms with E-state index in [4.69, 9.17) is 4.74 Å². The molecule has 17 heteroatoms. The molecule has 3 fully saturated rings. The van der Waals surface area contributed by atoms with Gasteiger partial charge in [-0.25, -0.2) is 27.8 Å². The number of benzene rings is 1. The quantitative estimate of drug-likeness (QED) is 0.279. The van der Waals surface area contributed by atoms with Crippen LogP contribution in [0, 0.1) is 18.7 Å². The van der Waals surface area contributed by atoms with Crippen LogP contribution in [-0.2, 0) is 30.8 Å². The molecule has 56 heavy (non-hydrogen) atoms. The summed E-state index contributed by atoms with van der Waals surface area (Å²) in [6, 6.07) is 2.22. The molecule has 2 aromatic heterocycles. The third kappa shape index (κ3) is 7.42. The average molecular weight is 808 g/mol. The van der Waals surface area contributed by atoms with Gasteiger partial charge < -0.3 is 20.3 Å². The molecule has 0 spiro atoms. The number of fused-ring (bicyclic) bond motifs is 3. The van der Waals surface area contributed by atoms with Crippen molar-refractivity contribution in [3.63, 3.8) is 0 Å². The Balaban J connectivity index is 1.24. The molecular formula is C39H46FN7O7S2. The van der Waals surface area contributed by atoms with Gasteiger partial charge in [-0.15, -0.1) is 11.3 Å². The lowest BCUT2D eigenvalue weighted by molar-refractivity contribution is -0.143. The third-order valence-corrected chi connectivity index (χ3v) is 14.5. The molecule has 5 unspecified atom stereocenters. The SMILES string of the molecule is C=C1CC2(C(=O)NS(=O)(=O)C3(C)CC3)NC(=O)C3CC(Oc4nc5c(F)cccc5nc4CC)CN3C(=O)C(NC(=O)c3scnc3C)CCCCCC=CC12. The first kappa shape index (κ1) is 39.5. The Morgan fingerprint density at radius 1 is 1.18 bits per heavy atom. The number of nitrogens with one attached hydrogen (secondary N) is 3. The highest BCUT2D eigenvalue weighted by Crippen LogP contribution is 2.47. The van der Waals surface area contributed by atoms with Crippen LogP contribution >= 0.6 is 11.3 Å². The van der Waals surface area contributed by atoms with Crippen molar-refractivity contribution in [1.29, 1.82) is 0 Å². The van der Waals surface area contributed by atoms with Crippen LogP contribution in [0.2, 0.25) is 0 Å². The molecule has 14 nitrogen and oxygen atoms in total. The van der Waals surface area contributed by atoms with Crippen molar-refractivity contribution in [2.45, 2.75) is 113 Å². The highest BCUT2D eigenvalue weighted by molar-refractivity contribution is 7.91. The predicted octanol–water partition coefficient (Wildman–Crippen LogP) is 4.19. The van der Waals surface area contributed by atoms with Crippen LogP contribution in [0.25, 0.3) is 11.0 Å². The maximum Gasteiger partial charge on any atom is 0.263 e. The minimum atomic E-state index is -4.07. The first-order valence-corrected chi connectivity index (χ1v) is 21.4. The number of hydrogen-bond acceptors (Lipinski definition) is 11. The number of allylic oxidation sites excluding steroid dienone is 1. The Morgan fingerprint density at radius 3 is 2.66 bits per heavy atom. The van der Waals surface area contributed by atoms with E-state index in [0.717, 1.165) is 24.2 Å². The zero-order chi connectivity index (χ0) is 40.0. The maximum absolute atomic E-state index is 14.8. The molecule has 0 bridgehead atoms. The largest absolute Gasteiger partial charge is 0.471 e. The van der Waals surface area contributed by atoms with Crippen molar-refractivity contribution in [2.24, 2.45) is 5.92 Å². The van der Waals surface area contributed by atoms with Gasteiger partial charge in [0, 0.05) is 18.8 Å². The van der Waals surface area contributed by atoms with Gasteiger partial charge in [0.2, 0.25) is 27.7 Å². The molecule has 4 aliphatic rings. The Kier molecular flexibility index (Phi) is 10.8. The number of aromatic nitrogens is 3. The molecule has 2 aliphatic heterocycles. The summed E-state index contributed by atoms with van der Waals surface area (Å²) in [6.45, 7) is 9.13. The minimum Gasteiger partial charge on any atom is -0.471 e. The lowest BCUT2D eigenvalue weighted by atomic mass is 9.62. The molecule has 4 amide bonds. The van der Waals surface area contributed by atoms with Gasteiger partial charge in [0.25, 0.3) is 11.8 Å². The summed E-state index contributed by atoms with van der Waals surface area (Å²) < 4.78 is 49.0. The van der Waals surface area contributed by atoms with E-state index in [1.54, 1.807) is 31.5 Å². The minimum absolute atomic E-state index is 0.00905. The van der Waals surface area contributed by atoms with E-state index in [-0.39, 0.29) is 30.8 Å². The molecular weight excluding hydrogens is 762 g/mol. The summed E-state index contributed by atoms with van der Waals surface area (Å²) in [5, 5.41) is 5.78. The monoisotopic (exact) mass is 807 g/mol. The zero-order valence-electron chi connectivity index (χ0n) is 31.6. The Hall–Kier alpha value is -4.77. The molecule has 4 heterocycles. The predicted molar refractivity (Wildman–Crippen MR) is 207 cm³/mol. The lowest BCUT2D eigenvalue weighted by Crippen LogP contribution is -2.71. The number of carbonyl (C=O) groups excluding carboxylic acids is 4. The van der Waals surface area contributed by atoms with Gasteiger partial charge >= 0.3 is 0 Å². The van der Waals surface area contributed by atoms with Crippen molar-refractivity contribution >= 4 is 56.0 Å². The number of para-hydroxylation sites is 1. The fraction of sp³-hybridized carbons (Fsp3) is 0.513. The number of thiazole rings is 1. The number of sulfonamides is 1. The normalized spacial score (nSPS) is 26.6. The van der Waals surface area contributed by atoms with Gasteiger partial charge in [-0.2, -0.15) is 0 Å². The summed E-state index contributed by atoms with van der Waals surface area (Å²) in [7, 11) is -4.07. The van der Waals surface area contributed by atoms with Crippen LogP contribution in [0.4, 0.5) is 4.39 Å². The maximum atomic E-state index is 14.8. The molecule has 5 atom stereocenters. The van der Waals surface area contributed by atoms with Gasteiger partial charge in [-0.3, -0.25) is 23.9 Å². The first-order valence-electron chi connectivity index (χ1n) is 19.0. The van der Waals surface area contributed by atoms with E-state index < -0.39 is 73.9 Å². The number of carbonyl (C=O) groups is 4. The van der Waals surface area contributed by atoms with Gasteiger partial charge in [-0.1, -0.05) is 50.1 Å². The number of halogens is 1. The fourth-order valence-electron chi connectivity index (χ4n) is 7.72. The highest BCUT2D eigenvalue weighted by Gasteiger charge is 2.59. The molecule has 7 rings (SSSR count). The molecule has 2 aliphatic carbocycles.